The molecule has 0 radical (unpaired) electrons. The molecule has 6 nitrogen and oxygen atoms in total. The maximum atomic E-state index is 13.1. The zero-order valence-electron chi connectivity index (χ0n) is 15.5. The Labute approximate surface area is 153 Å². The van der Waals surface area contributed by atoms with E-state index in [0.717, 1.165) is 11.3 Å². The van der Waals surface area contributed by atoms with E-state index in [1.807, 2.05) is 6.92 Å². The van der Waals surface area contributed by atoms with Gasteiger partial charge >= 0.3 is 0 Å². The van der Waals surface area contributed by atoms with Gasteiger partial charge in [-0.15, -0.1) is 0 Å². The van der Waals surface area contributed by atoms with E-state index in [-0.39, 0.29) is 5.82 Å². The van der Waals surface area contributed by atoms with E-state index in [1.165, 1.54) is 19.1 Å². The Bertz CT molecular complexity index is 889. The molecular formula is C18H24FN3O3S. The summed E-state index contributed by atoms with van der Waals surface area (Å²) in [5, 5.41) is 5.28. The fourth-order valence-electron chi connectivity index (χ4n) is 2.66. The molecule has 142 valence electrons. The molecule has 1 heterocycles. The number of sulfone groups is 1. The molecule has 0 saturated carbocycles. The van der Waals surface area contributed by atoms with Gasteiger partial charge in [0.2, 0.25) is 5.91 Å². The minimum Gasteiger partial charge on any atom is -0.348 e. The van der Waals surface area contributed by atoms with Crippen LogP contribution in [0, 0.1) is 12.7 Å². The summed E-state index contributed by atoms with van der Waals surface area (Å²) in [5.41, 5.74) is 2.24. The van der Waals surface area contributed by atoms with Crippen LogP contribution >= 0.6 is 0 Å². The van der Waals surface area contributed by atoms with Crippen molar-refractivity contribution in [3.8, 4) is 5.69 Å². The number of carbonyl (C=O) groups is 1. The third kappa shape index (κ3) is 3.95. The molecule has 0 bridgehead atoms. The molecule has 0 aliphatic heterocycles. The summed E-state index contributed by atoms with van der Waals surface area (Å²) in [7, 11) is -3.52. The Hall–Kier alpha value is -2.22. The van der Waals surface area contributed by atoms with Crippen molar-refractivity contribution < 1.29 is 17.6 Å². The van der Waals surface area contributed by atoms with Gasteiger partial charge < -0.3 is 5.32 Å². The van der Waals surface area contributed by atoms with Gasteiger partial charge in [-0.3, -0.25) is 4.79 Å². The highest BCUT2D eigenvalue weighted by Crippen LogP contribution is 2.21. The van der Waals surface area contributed by atoms with Crippen molar-refractivity contribution in [2.24, 2.45) is 0 Å². The molecule has 0 fully saturated rings. The Kier molecular flexibility index (Phi) is 5.85. The summed E-state index contributed by atoms with van der Waals surface area (Å²) in [6.45, 7) is 8.11. The zero-order valence-corrected chi connectivity index (χ0v) is 16.3. The van der Waals surface area contributed by atoms with Crippen LogP contribution in [0.2, 0.25) is 0 Å². The average Bonchev–Trinajstić information content (AvgIpc) is 2.96. The largest absolute Gasteiger partial charge is 0.348 e. The lowest BCUT2D eigenvalue weighted by Gasteiger charge is -2.19. The van der Waals surface area contributed by atoms with Crippen molar-refractivity contribution in [1.29, 1.82) is 0 Å². The molecule has 2 unspecified atom stereocenters. The standard InChI is InChI=1S/C18H24FN3O3S/c1-11(2)26(24,25)14(5)18(23)21-12(3)17-10-20-22(13(17)4)16-8-6-15(19)7-9-16/h6-12,14H,1-5H3,(H,21,23). The first-order valence-electron chi connectivity index (χ1n) is 8.39. The molecule has 2 rings (SSSR count). The van der Waals surface area contributed by atoms with Gasteiger partial charge in [-0.2, -0.15) is 5.10 Å². The number of carbonyl (C=O) groups excluding carboxylic acids is 1. The van der Waals surface area contributed by atoms with Crippen molar-refractivity contribution in [3.63, 3.8) is 0 Å². The minimum absolute atomic E-state index is 0.334. The van der Waals surface area contributed by atoms with E-state index in [9.17, 15) is 17.6 Å². The normalized spacial score (nSPS) is 14.3. The number of benzene rings is 1. The second kappa shape index (κ2) is 7.57. The molecule has 8 heteroatoms. The van der Waals surface area contributed by atoms with Gasteiger partial charge in [0.1, 0.15) is 11.1 Å². The fourth-order valence-corrected chi connectivity index (χ4v) is 3.84. The summed E-state index contributed by atoms with van der Waals surface area (Å²) in [6.07, 6.45) is 1.62. The summed E-state index contributed by atoms with van der Waals surface area (Å²) in [4.78, 5) is 12.3. The van der Waals surface area contributed by atoms with Crippen LogP contribution < -0.4 is 5.32 Å². The Morgan fingerprint density at radius 2 is 1.73 bits per heavy atom. The van der Waals surface area contributed by atoms with Gasteiger partial charge in [0.05, 0.1) is 23.2 Å². The van der Waals surface area contributed by atoms with Crippen LogP contribution in [0.1, 0.15) is 45.0 Å². The first kappa shape index (κ1) is 20.1. The highest BCUT2D eigenvalue weighted by Gasteiger charge is 2.31. The highest BCUT2D eigenvalue weighted by atomic mass is 32.2. The van der Waals surface area contributed by atoms with Crippen molar-refractivity contribution >= 4 is 15.7 Å². The molecule has 0 spiro atoms. The van der Waals surface area contributed by atoms with Gasteiger partial charge in [0, 0.05) is 11.3 Å². The van der Waals surface area contributed by atoms with Crippen LogP contribution in [0.4, 0.5) is 4.39 Å². The van der Waals surface area contributed by atoms with E-state index in [1.54, 1.807) is 43.8 Å². The van der Waals surface area contributed by atoms with Crippen LogP contribution in [0.3, 0.4) is 0 Å². The van der Waals surface area contributed by atoms with Gasteiger partial charge in [0.25, 0.3) is 0 Å². The van der Waals surface area contributed by atoms with E-state index in [4.69, 9.17) is 0 Å². The number of hydrogen-bond donors (Lipinski definition) is 1. The van der Waals surface area contributed by atoms with Crippen molar-refractivity contribution in [1.82, 2.24) is 15.1 Å². The van der Waals surface area contributed by atoms with Gasteiger partial charge in [-0.05, 0) is 58.9 Å². The summed E-state index contributed by atoms with van der Waals surface area (Å²) in [6, 6.07) is 5.50. The maximum Gasteiger partial charge on any atom is 0.238 e. The summed E-state index contributed by atoms with van der Waals surface area (Å²) < 4.78 is 39.1. The van der Waals surface area contributed by atoms with Crippen LogP contribution in [0.25, 0.3) is 5.69 Å². The molecule has 0 aliphatic carbocycles. The molecule has 26 heavy (non-hydrogen) atoms. The van der Waals surface area contributed by atoms with Gasteiger partial charge in [-0.25, -0.2) is 17.5 Å². The second-order valence-corrected chi connectivity index (χ2v) is 9.41. The minimum atomic E-state index is -3.52. The van der Waals surface area contributed by atoms with Crippen molar-refractivity contribution in [2.75, 3.05) is 0 Å². The molecule has 1 aromatic carbocycles. The number of nitrogens with one attached hydrogen (secondary N) is 1. The molecule has 1 N–H and O–H groups in total. The van der Waals surface area contributed by atoms with Crippen LogP contribution in [-0.4, -0.2) is 34.6 Å². The topological polar surface area (TPSA) is 81.1 Å². The Morgan fingerprint density at radius 3 is 2.27 bits per heavy atom. The first-order valence-corrected chi connectivity index (χ1v) is 10.00. The van der Waals surface area contributed by atoms with E-state index in [2.05, 4.69) is 10.4 Å². The molecule has 2 atom stereocenters. The highest BCUT2D eigenvalue weighted by molar-refractivity contribution is 7.93. The molecule has 0 saturated heterocycles. The number of aromatic nitrogens is 2. The summed E-state index contributed by atoms with van der Waals surface area (Å²) >= 11 is 0. The van der Waals surface area contributed by atoms with Gasteiger partial charge in [-0.1, -0.05) is 0 Å². The lowest BCUT2D eigenvalue weighted by Crippen LogP contribution is -2.41. The first-order chi connectivity index (χ1) is 12.1. The van der Waals surface area contributed by atoms with Gasteiger partial charge in [0.15, 0.2) is 9.84 Å². The third-order valence-corrected chi connectivity index (χ3v) is 6.98. The van der Waals surface area contributed by atoms with Crippen LogP contribution in [0.5, 0.6) is 0 Å². The van der Waals surface area contributed by atoms with E-state index >= 15 is 0 Å². The zero-order chi connectivity index (χ0) is 19.6. The number of amides is 1. The van der Waals surface area contributed by atoms with Crippen LogP contribution in [-0.2, 0) is 14.6 Å². The van der Waals surface area contributed by atoms with Crippen molar-refractivity contribution in [3.05, 3.63) is 47.5 Å². The van der Waals surface area contributed by atoms with Crippen molar-refractivity contribution in [2.45, 2.75) is 51.2 Å². The molecule has 1 aromatic heterocycles. The quantitative estimate of drug-likeness (QED) is 0.834. The Morgan fingerprint density at radius 1 is 1.15 bits per heavy atom. The Balaban J connectivity index is 2.19. The fraction of sp³-hybridized carbons (Fsp3) is 0.444. The summed E-state index contributed by atoms with van der Waals surface area (Å²) in [5.74, 6) is -0.875. The second-order valence-electron chi connectivity index (χ2n) is 6.58. The lowest BCUT2D eigenvalue weighted by atomic mass is 10.1. The number of hydrogen-bond acceptors (Lipinski definition) is 4. The third-order valence-electron chi connectivity index (χ3n) is 4.46. The molecular weight excluding hydrogens is 357 g/mol. The number of rotatable bonds is 6. The predicted molar refractivity (Wildman–Crippen MR) is 98.3 cm³/mol. The average molecular weight is 381 g/mol. The smallest absolute Gasteiger partial charge is 0.238 e. The van der Waals surface area contributed by atoms with E-state index < -0.39 is 32.3 Å². The molecule has 2 aromatic rings. The molecule has 1 amide bonds. The van der Waals surface area contributed by atoms with Crippen LogP contribution in [0.15, 0.2) is 30.5 Å². The number of nitrogens with zero attached hydrogens (tertiary/aromatic N) is 2. The molecule has 0 aliphatic rings. The lowest BCUT2D eigenvalue weighted by molar-refractivity contribution is -0.121. The van der Waals surface area contributed by atoms with E-state index in [0.29, 0.717) is 5.69 Å². The maximum absolute atomic E-state index is 13.1. The number of halogens is 1. The predicted octanol–water partition coefficient (Wildman–Crippen LogP) is 2.71. The monoisotopic (exact) mass is 381 g/mol. The SMILES string of the molecule is Cc1c(C(C)NC(=O)C(C)S(=O)(=O)C(C)C)cnn1-c1ccc(F)cc1.